The average Bonchev–Trinajstić information content (AvgIpc) is 2.61. The van der Waals surface area contributed by atoms with Crippen molar-refractivity contribution in [1.82, 2.24) is 10.3 Å². The van der Waals surface area contributed by atoms with Gasteiger partial charge in [-0.05, 0) is 17.7 Å². The van der Waals surface area contributed by atoms with Gasteiger partial charge in [0.25, 0.3) is 5.91 Å². The molecule has 0 fully saturated rings. The Labute approximate surface area is 139 Å². The van der Waals surface area contributed by atoms with Gasteiger partial charge in [0.15, 0.2) is 0 Å². The van der Waals surface area contributed by atoms with Crippen molar-refractivity contribution in [2.24, 2.45) is 5.73 Å². The second-order valence-corrected chi connectivity index (χ2v) is 5.51. The highest BCUT2D eigenvalue weighted by Crippen LogP contribution is 2.12. The minimum absolute atomic E-state index is 0.257. The van der Waals surface area contributed by atoms with Crippen LogP contribution in [-0.2, 0) is 11.2 Å². The first-order valence-corrected chi connectivity index (χ1v) is 7.63. The summed E-state index contributed by atoms with van der Waals surface area (Å²) in [5.41, 5.74) is 7.33. The van der Waals surface area contributed by atoms with E-state index in [0.29, 0.717) is 6.42 Å². The SMILES string of the molecule is NC(=O)[C@@H](Cc1ccccc1)NC(=O)c1ccc2ccccc2n1. The predicted octanol–water partition coefficient (Wildman–Crippen LogP) is 2.06. The molecule has 120 valence electrons. The molecule has 0 aliphatic rings. The summed E-state index contributed by atoms with van der Waals surface area (Å²) in [5, 5.41) is 3.62. The fourth-order valence-corrected chi connectivity index (χ4v) is 2.50. The number of benzene rings is 2. The number of nitrogens with zero attached hydrogens (tertiary/aromatic N) is 1. The number of carbonyl (C=O) groups is 2. The molecular formula is C19H17N3O2. The molecule has 0 aliphatic heterocycles. The van der Waals surface area contributed by atoms with Crippen molar-refractivity contribution >= 4 is 22.7 Å². The molecule has 3 aromatic rings. The minimum Gasteiger partial charge on any atom is -0.368 e. The molecule has 0 aliphatic carbocycles. The Balaban J connectivity index is 1.78. The summed E-state index contributed by atoms with van der Waals surface area (Å²) in [6.45, 7) is 0. The lowest BCUT2D eigenvalue weighted by Gasteiger charge is -2.15. The first-order valence-electron chi connectivity index (χ1n) is 7.63. The molecule has 2 amide bonds. The fourth-order valence-electron chi connectivity index (χ4n) is 2.50. The van der Waals surface area contributed by atoms with Gasteiger partial charge in [0, 0.05) is 11.8 Å². The van der Waals surface area contributed by atoms with Crippen molar-refractivity contribution in [3.05, 3.63) is 78.0 Å². The van der Waals surface area contributed by atoms with Crippen LogP contribution in [0.2, 0.25) is 0 Å². The van der Waals surface area contributed by atoms with Gasteiger partial charge in [-0.25, -0.2) is 4.98 Å². The van der Waals surface area contributed by atoms with Crippen molar-refractivity contribution < 1.29 is 9.59 Å². The van der Waals surface area contributed by atoms with Gasteiger partial charge in [0.1, 0.15) is 11.7 Å². The number of carbonyl (C=O) groups excluding carboxylic acids is 2. The third kappa shape index (κ3) is 3.57. The Kier molecular flexibility index (Phi) is 4.52. The topological polar surface area (TPSA) is 85.1 Å². The second-order valence-electron chi connectivity index (χ2n) is 5.51. The summed E-state index contributed by atoms with van der Waals surface area (Å²) in [6, 6.07) is 19.6. The van der Waals surface area contributed by atoms with Crippen molar-refractivity contribution in [1.29, 1.82) is 0 Å². The number of primary amides is 1. The van der Waals surface area contributed by atoms with Crippen LogP contribution >= 0.6 is 0 Å². The Hall–Kier alpha value is -3.21. The van der Waals surface area contributed by atoms with E-state index in [4.69, 9.17) is 5.73 Å². The van der Waals surface area contributed by atoms with Crippen LogP contribution in [0.25, 0.3) is 10.9 Å². The van der Waals surface area contributed by atoms with E-state index in [1.807, 2.05) is 60.7 Å². The van der Waals surface area contributed by atoms with Gasteiger partial charge in [-0.3, -0.25) is 9.59 Å². The lowest BCUT2D eigenvalue weighted by atomic mass is 10.1. The molecule has 0 saturated carbocycles. The maximum atomic E-state index is 12.4. The van der Waals surface area contributed by atoms with E-state index < -0.39 is 17.9 Å². The van der Waals surface area contributed by atoms with Crippen LogP contribution in [-0.4, -0.2) is 22.8 Å². The smallest absolute Gasteiger partial charge is 0.270 e. The number of nitrogens with one attached hydrogen (secondary N) is 1. The fraction of sp³-hybridized carbons (Fsp3) is 0.105. The monoisotopic (exact) mass is 319 g/mol. The Morgan fingerprint density at radius 1 is 0.958 bits per heavy atom. The molecule has 0 bridgehead atoms. The summed E-state index contributed by atoms with van der Waals surface area (Å²) in [7, 11) is 0. The largest absolute Gasteiger partial charge is 0.368 e. The van der Waals surface area contributed by atoms with E-state index >= 15 is 0 Å². The second kappa shape index (κ2) is 6.91. The van der Waals surface area contributed by atoms with E-state index in [1.54, 1.807) is 6.07 Å². The molecule has 5 nitrogen and oxygen atoms in total. The third-order valence-electron chi connectivity index (χ3n) is 3.76. The highest BCUT2D eigenvalue weighted by atomic mass is 16.2. The molecule has 24 heavy (non-hydrogen) atoms. The summed E-state index contributed by atoms with van der Waals surface area (Å²) >= 11 is 0. The molecule has 1 atom stereocenters. The summed E-state index contributed by atoms with van der Waals surface area (Å²) in [5.74, 6) is -0.992. The Bertz CT molecular complexity index is 878. The molecule has 0 unspecified atom stereocenters. The first-order chi connectivity index (χ1) is 11.6. The van der Waals surface area contributed by atoms with Crippen LogP contribution in [0.3, 0.4) is 0 Å². The quantitative estimate of drug-likeness (QED) is 0.755. The first kappa shape index (κ1) is 15.7. The molecule has 1 heterocycles. The molecule has 3 N–H and O–H groups in total. The van der Waals surface area contributed by atoms with Gasteiger partial charge >= 0.3 is 0 Å². The Morgan fingerprint density at radius 2 is 1.67 bits per heavy atom. The molecule has 0 saturated heterocycles. The maximum Gasteiger partial charge on any atom is 0.270 e. The van der Waals surface area contributed by atoms with Crippen molar-refractivity contribution in [2.45, 2.75) is 12.5 Å². The number of rotatable bonds is 5. The van der Waals surface area contributed by atoms with Crippen LogP contribution in [0.1, 0.15) is 16.1 Å². The van der Waals surface area contributed by atoms with E-state index in [0.717, 1.165) is 16.5 Å². The number of nitrogens with two attached hydrogens (primary N) is 1. The molecule has 1 aromatic heterocycles. The summed E-state index contributed by atoms with van der Waals surface area (Å²) in [4.78, 5) is 28.4. The molecule has 0 spiro atoms. The van der Waals surface area contributed by atoms with Crippen molar-refractivity contribution in [2.75, 3.05) is 0 Å². The molecule has 5 heteroatoms. The van der Waals surface area contributed by atoms with Gasteiger partial charge in [-0.15, -0.1) is 0 Å². The van der Waals surface area contributed by atoms with Gasteiger partial charge < -0.3 is 11.1 Å². The predicted molar refractivity (Wildman–Crippen MR) is 92.3 cm³/mol. The number of para-hydroxylation sites is 1. The zero-order valence-electron chi connectivity index (χ0n) is 13.0. The third-order valence-corrected chi connectivity index (χ3v) is 3.76. The lowest BCUT2D eigenvalue weighted by Crippen LogP contribution is -2.46. The molecule has 2 aromatic carbocycles. The van der Waals surface area contributed by atoms with Gasteiger partial charge in [-0.2, -0.15) is 0 Å². The minimum atomic E-state index is -0.784. The number of fused-ring (bicyclic) bond motifs is 1. The summed E-state index contributed by atoms with van der Waals surface area (Å²) in [6.07, 6.45) is 0.343. The van der Waals surface area contributed by atoms with Crippen LogP contribution in [0.4, 0.5) is 0 Å². The maximum absolute atomic E-state index is 12.4. The zero-order chi connectivity index (χ0) is 16.9. The number of aromatic nitrogens is 1. The zero-order valence-corrected chi connectivity index (χ0v) is 13.0. The highest BCUT2D eigenvalue weighted by molar-refractivity contribution is 5.97. The van der Waals surface area contributed by atoms with E-state index in [9.17, 15) is 9.59 Å². The van der Waals surface area contributed by atoms with Crippen molar-refractivity contribution in [3.8, 4) is 0 Å². The normalized spacial score (nSPS) is 11.8. The molecule has 0 radical (unpaired) electrons. The van der Waals surface area contributed by atoms with E-state index in [2.05, 4.69) is 10.3 Å². The van der Waals surface area contributed by atoms with Gasteiger partial charge in [0.05, 0.1) is 5.52 Å². The van der Waals surface area contributed by atoms with E-state index in [1.165, 1.54) is 0 Å². The number of hydrogen-bond acceptors (Lipinski definition) is 3. The Morgan fingerprint density at radius 3 is 2.42 bits per heavy atom. The standard InChI is InChI=1S/C19H17N3O2/c20-18(23)17(12-13-6-2-1-3-7-13)22-19(24)16-11-10-14-8-4-5-9-15(14)21-16/h1-11,17H,12H2,(H2,20,23)(H,22,24)/t17-/m1/s1. The van der Waals surface area contributed by atoms with Crippen LogP contribution in [0, 0.1) is 0 Å². The number of hydrogen-bond donors (Lipinski definition) is 2. The van der Waals surface area contributed by atoms with E-state index in [-0.39, 0.29) is 5.69 Å². The van der Waals surface area contributed by atoms with Crippen molar-refractivity contribution in [3.63, 3.8) is 0 Å². The van der Waals surface area contributed by atoms with Gasteiger partial charge in [0.2, 0.25) is 5.91 Å². The summed E-state index contributed by atoms with van der Waals surface area (Å²) < 4.78 is 0. The lowest BCUT2D eigenvalue weighted by molar-refractivity contribution is -0.119. The number of pyridine rings is 1. The van der Waals surface area contributed by atoms with Crippen LogP contribution < -0.4 is 11.1 Å². The van der Waals surface area contributed by atoms with Crippen LogP contribution in [0.15, 0.2) is 66.7 Å². The van der Waals surface area contributed by atoms with Crippen LogP contribution in [0.5, 0.6) is 0 Å². The van der Waals surface area contributed by atoms with Gasteiger partial charge in [-0.1, -0.05) is 54.6 Å². The average molecular weight is 319 g/mol. The highest BCUT2D eigenvalue weighted by Gasteiger charge is 2.20. The molecule has 3 rings (SSSR count). The molecular weight excluding hydrogens is 302 g/mol. The number of amides is 2.